The number of halogens is 1. The van der Waals surface area contributed by atoms with Crippen LogP contribution in [0.5, 0.6) is 0 Å². The monoisotopic (exact) mass is 275 g/mol. The molecule has 88 valence electrons. The van der Waals surface area contributed by atoms with Gasteiger partial charge in [0.2, 0.25) is 5.91 Å². The maximum atomic E-state index is 11.2. The number of carbonyl (C=O) groups excluding carboxylic acids is 1. The zero-order valence-electron chi connectivity index (χ0n) is 9.60. The highest BCUT2D eigenvalue weighted by Gasteiger charge is 2.18. The number of carbonyl (C=O) groups is 1. The Kier molecular flexibility index (Phi) is 6.30. The summed E-state index contributed by atoms with van der Waals surface area (Å²) in [6.45, 7) is 3.21. The van der Waals surface area contributed by atoms with Gasteiger partial charge < -0.3 is 5.32 Å². The minimum Gasteiger partial charge on any atom is -0.356 e. The molecule has 15 heavy (non-hydrogen) atoms. The number of alkyl halides is 1. The molecule has 1 fully saturated rings. The van der Waals surface area contributed by atoms with Gasteiger partial charge in [-0.15, -0.1) is 0 Å². The molecular formula is C12H22BrNO. The molecule has 1 aliphatic carbocycles. The SMILES string of the molecule is CC1CCCC(CCNC(=O)CCBr)C1. The van der Waals surface area contributed by atoms with Gasteiger partial charge in [-0.25, -0.2) is 0 Å². The highest BCUT2D eigenvalue weighted by molar-refractivity contribution is 9.09. The lowest BCUT2D eigenvalue weighted by Crippen LogP contribution is -2.27. The summed E-state index contributed by atoms with van der Waals surface area (Å²) in [5.41, 5.74) is 0. The van der Waals surface area contributed by atoms with Crippen LogP contribution in [0, 0.1) is 11.8 Å². The van der Waals surface area contributed by atoms with Crippen molar-refractivity contribution in [3.05, 3.63) is 0 Å². The molecule has 0 heterocycles. The van der Waals surface area contributed by atoms with Crippen molar-refractivity contribution >= 4 is 21.8 Å². The van der Waals surface area contributed by atoms with Crippen molar-refractivity contribution in [2.75, 3.05) is 11.9 Å². The van der Waals surface area contributed by atoms with E-state index in [0.29, 0.717) is 6.42 Å². The maximum absolute atomic E-state index is 11.2. The van der Waals surface area contributed by atoms with Gasteiger partial charge in [-0.1, -0.05) is 42.1 Å². The zero-order valence-corrected chi connectivity index (χ0v) is 11.2. The third kappa shape index (κ3) is 5.55. The van der Waals surface area contributed by atoms with Crippen LogP contribution in [0.2, 0.25) is 0 Å². The topological polar surface area (TPSA) is 29.1 Å². The van der Waals surface area contributed by atoms with E-state index in [-0.39, 0.29) is 5.91 Å². The van der Waals surface area contributed by atoms with Gasteiger partial charge in [0.15, 0.2) is 0 Å². The van der Waals surface area contributed by atoms with Crippen molar-refractivity contribution < 1.29 is 4.79 Å². The molecule has 0 aromatic carbocycles. The van der Waals surface area contributed by atoms with Gasteiger partial charge in [-0.2, -0.15) is 0 Å². The minimum atomic E-state index is 0.177. The van der Waals surface area contributed by atoms with E-state index in [1.165, 1.54) is 32.1 Å². The van der Waals surface area contributed by atoms with Crippen LogP contribution in [0.3, 0.4) is 0 Å². The molecular weight excluding hydrogens is 254 g/mol. The van der Waals surface area contributed by atoms with Gasteiger partial charge in [0.05, 0.1) is 0 Å². The Morgan fingerprint density at radius 1 is 1.47 bits per heavy atom. The maximum Gasteiger partial charge on any atom is 0.220 e. The molecule has 3 heteroatoms. The van der Waals surface area contributed by atoms with Crippen LogP contribution in [-0.4, -0.2) is 17.8 Å². The van der Waals surface area contributed by atoms with Crippen LogP contribution in [-0.2, 0) is 4.79 Å². The van der Waals surface area contributed by atoms with Crippen LogP contribution >= 0.6 is 15.9 Å². The second-order valence-corrected chi connectivity index (χ2v) is 5.51. The van der Waals surface area contributed by atoms with E-state index in [4.69, 9.17) is 0 Å². The summed E-state index contributed by atoms with van der Waals surface area (Å²) in [7, 11) is 0. The zero-order chi connectivity index (χ0) is 11.1. The molecule has 0 saturated heterocycles. The molecule has 1 amide bonds. The Labute approximate surface area is 101 Å². The first-order valence-electron chi connectivity index (χ1n) is 6.05. The Morgan fingerprint density at radius 3 is 2.93 bits per heavy atom. The quantitative estimate of drug-likeness (QED) is 0.768. The van der Waals surface area contributed by atoms with E-state index in [2.05, 4.69) is 28.2 Å². The molecule has 2 atom stereocenters. The number of hydrogen-bond acceptors (Lipinski definition) is 1. The van der Waals surface area contributed by atoms with Crippen LogP contribution in [0.1, 0.15) is 45.4 Å². The highest BCUT2D eigenvalue weighted by atomic mass is 79.9. The van der Waals surface area contributed by atoms with Crippen LogP contribution in [0.25, 0.3) is 0 Å². The molecule has 1 saturated carbocycles. The molecule has 0 aromatic heterocycles. The Hall–Kier alpha value is -0.0500. The van der Waals surface area contributed by atoms with Gasteiger partial charge >= 0.3 is 0 Å². The average molecular weight is 276 g/mol. The lowest BCUT2D eigenvalue weighted by molar-refractivity contribution is -0.120. The molecule has 0 bridgehead atoms. The standard InChI is InChI=1S/C12H22BrNO/c1-10-3-2-4-11(9-10)6-8-14-12(15)5-7-13/h10-11H,2-9H2,1H3,(H,14,15). The van der Waals surface area contributed by atoms with Gasteiger partial charge in [-0.3, -0.25) is 4.79 Å². The summed E-state index contributed by atoms with van der Waals surface area (Å²) in [6, 6.07) is 0. The van der Waals surface area contributed by atoms with Crippen molar-refractivity contribution in [3.63, 3.8) is 0 Å². The fourth-order valence-electron chi connectivity index (χ4n) is 2.41. The third-order valence-electron chi connectivity index (χ3n) is 3.24. The lowest BCUT2D eigenvalue weighted by Gasteiger charge is -2.26. The summed E-state index contributed by atoms with van der Waals surface area (Å²) >= 11 is 3.27. The van der Waals surface area contributed by atoms with Crippen molar-refractivity contribution in [1.82, 2.24) is 5.32 Å². The van der Waals surface area contributed by atoms with Gasteiger partial charge in [0.1, 0.15) is 0 Å². The van der Waals surface area contributed by atoms with Gasteiger partial charge in [0.25, 0.3) is 0 Å². The van der Waals surface area contributed by atoms with Crippen molar-refractivity contribution in [2.45, 2.75) is 45.4 Å². The molecule has 2 nitrogen and oxygen atoms in total. The lowest BCUT2D eigenvalue weighted by atomic mass is 9.81. The average Bonchev–Trinajstić information content (AvgIpc) is 2.18. The van der Waals surface area contributed by atoms with E-state index in [1.807, 2.05) is 0 Å². The molecule has 0 spiro atoms. The van der Waals surface area contributed by atoms with Crippen molar-refractivity contribution in [1.29, 1.82) is 0 Å². The summed E-state index contributed by atoms with van der Waals surface area (Å²) < 4.78 is 0. The normalized spacial score (nSPS) is 26.3. The Bertz CT molecular complexity index is 196. The van der Waals surface area contributed by atoms with Gasteiger partial charge in [-0.05, 0) is 24.7 Å². The smallest absolute Gasteiger partial charge is 0.220 e. The Morgan fingerprint density at radius 2 is 2.27 bits per heavy atom. The van der Waals surface area contributed by atoms with Crippen LogP contribution in [0.15, 0.2) is 0 Å². The first kappa shape index (κ1) is 13.0. The largest absolute Gasteiger partial charge is 0.356 e. The minimum absolute atomic E-state index is 0.177. The van der Waals surface area contributed by atoms with Crippen LogP contribution < -0.4 is 5.32 Å². The first-order chi connectivity index (χ1) is 7.22. The highest BCUT2D eigenvalue weighted by Crippen LogP contribution is 2.30. The molecule has 0 aromatic rings. The molecule has 1 aliphatic rings. The van der Waals surface area contributed by atoms with E-state index >= 15 is 0 Å². The van der Waals surface area contributed by atoms with Crippen molar-refractivity contribution in [3.8, 4) is 0 Å². The predicted molar refractivity (Wildman–Crippen MR) is 67.2 cm³/mol. The summed E-state index contributed by atoms with van der Waals surface area (Å²) in [5.74, 6) is 1.91. The number of nitrogens with one attached hydrogen (secondary N) is 1. The van der Waals surface area contributed by atoms with E-state index in [9.17, 15) is 4.79 Å². The molecule has 0 aliphatic heterocycles. The van der Waals surface area contributed by atoms with Crippen LogP contribution in [0.4, 0.5) is 0 Å². The predicted octanol–water partition coefficient (Wildman–Crippen LogP) is 3.10. The van der Waals surface area contributed by atoms with Crippen molar-refractivity contribution in [2.24, 2.45) is 11.8 Å². The van der Waals surface area contributed by atoms with E-state index in [0.717, 1.165) is 23.7 Å². The van der Waals surface area contributed by atoms with Gasteiger partial charge in [0, 0.05) is 18.3 Å². The number of amides is 1. The second kappa shape index (κ2) is 7.26. The Balaban J connectivity index is 2.06. The first-order valence-corrected chi connectivity index (χ1v) is 7.17. The fourth-order valence-corrected chi connectivity index (χ4v) is 2.77. The summed E-state index contributed by atoms with van der Waals surface area (Å²) in [6.07, 6.45) is 7.25. The number of rotatable bonds is 5. The summed E-state index contributed by atoms with van der Waals surface area (Å²) in [5, 5.41) is 3.74. The third-order valence-corrected chi connectivity index (χ3v) is 3.64. The molecule has 1 N–H and O–H groups in total. The number of hydrogen-bond donors (Lipinski definition) is 1. The van der Waals surface area contributed by atoms with E-state index < -0.39 is 0 Å². The molecule has 0 radical (unpaired) electrons. The summed E-state index contributed by atoms with van der Waals surface area (Å²) in [4.78, 5) is 11.2. The van der Waals surface area contributed by atoms with E-state index in [1.54, 1.807) is 0 Å². The fraction of sp³-hybridized carbons (Fsp3) is 0.917. The molecule has 2 unspecified atom stereocenters. The molecule has 1 rings (SSSR count). The second-order valence-electron chi connectivity index (χ2n) is 4.72.